The molecule has 4 nitrogen and oxygen atoms in total. The molecule has 0 radical (unpaired) electrons. The highest BCUT2D eigenvalue weighted by Gasteiger charge is 2.09. The van der Waals surface area contributed by atoms with Crippen molar-refractivity contribution in [2.75, 3.05) is 0 Å². The number of hydrogen-bond donors (Lipinski definition) is 1. The molecule has 1 aromatic rings. The van der Waals surface area contributed by atoms with Gasteiger partial charge in [0, 0.05) is 12.1 Å². The van der Waals surface area contributed by atoms with Crippen molar-refractivity contribution in [3.05, 3.63) is 39.9 Å². The molecule has 0 saturated carbocycles. The predicted molar refractivity (Wildman–Crippen MR) is 62.3 cm³/mol. The van der Waals surface area contributed by atoms with E-state index in [2.05, 4.69) is 13.8 Å². The van der Waals surface area contributed by atoms with Gasteiger partial charge in [-0.3, -0.25) is 10.1 Å². The molecular weight excluding hydrogens is 206 g/mol. The summed E-state index contributed by atoms with van der Waals surface area (Å²) in [5.41, 5.74) is 1.01. The highest BCUT2D eigenvalue weighted by molar-refractivity contribution is 5.33. The smallest absolute Gasteiger partial charge is 0.269 e. The Morgan fingerprint density at radius 1 is 1.31 bits per heavy atom. The van der Waals surface area contributed by atoms with E-state index in [4.69, 9.17) is 0 Å². The van der Waals surface area contributed by atoms with Crippen molar-refractivity contribution in [1.29, 1.82) is 0 Å². The highest BCUT2D eigenvalue weighted by atomic mass is 16.6. The van der Waals surface area contributed by atoms with Crippen LogP contribution < -0.4 is 0 Å². The third-order valence-corrected chi connectivity index (χ3v) is 2.36. The Morgan fingerprint density at radius 2 is 1.88 bits per heavy atom. The Kier molecular flexibility index (Phi) is 4.43. The van der Waals surface area contributed by atoms with Crippen molar-refractivity contribution in [3.63, 3.8) is 0 Å². The van der Waals surface area contributed by atoms with E-state index in [-0.39, 0.29) is 11.8 Å². The van der Waals surface area contributed by atoms with E-state index in [0.717, 1.165) is 12.0 Å². The van der Waals surface area contributed by atoms with Gasteiger partial charge in [0.05, 0.1) is 11.0 Å². The number of rotatable bonds is 5. The van der Waals surface area contributed by atoms with Crippen LogP contribution in [-0.2, 0) is 6.42 Å². The van der Waals surface area contributed by atoms with Crippen molar-refractivity contribution in [1.82, 2.24) is 0 Å². The van der Waals surface area contributed by atoms with Gasteiger partial charge in [-0.05, 0) is 24.3 Å². The van der Waals surface area contributed by atoms with Crippen LogP contribution in [0.25, 0.3) is 0 Å². The molecule has 1 atom stereocenters. The zero-order valence-electron chi connectivity index (χ0n) is 9.59. The van der Waals surface area contributed by atoms with Crippen molar-refractivity contribution >= 4 is 5.69 Å². The van der Waals surface area contributed by atoms with Crippen LogP contribution >= 0.6 is 0 Å². The number of nitro groups is 1. The van der Waals surface area contributed by atoms with Crippen LogP contribution in [0, 0.1) is 16.0 Å². The van der Waals surface area contributed by atoms with Gasteiger partial charge in [0.15, 0.2) is 0 Å². The van der Waals surface area contributed by atoms with Gasteiger partial charge >= 0.3 is 0 Å². The van der Waals surface area contributed by atoms with Crippen molar-refractivity contribution < 1.29 is 10.0 Å². The topological polar surface area (TPSA) is 63.4 Å². The Bertz CT molecular complexity index is 346. The molecule has 1 rings (SSSR count). The maximum absolute atomic E-state index is 10.4. The van der Waals surface area contributed by atoms with Crippen LogP contribution in [0.5, 0.6) is 0 Å². The molecule has 1 aromatic carbocycles. The van der Waals surface area contributed by atoms with Crippen molar-refractivity contribution in [2.45, 2.75) is 32.8 Å². The molecule has 1 N–H and O–H groups in total. The number of hydrogen-bond acceptors (Lipinski definition) is 3. The van der Waals surface area contributed by atoms with Gasteiger partial charge in [-0.15, -0.1) is 0 Å². The minimum absolute atomic E-state index is 0.0853. The Morgan fingerprint density at radius 3 is 2.31 bits per heavy atom. The lowest BCUT2D eigenvalue weighted by Gasteiger charge is -2.12. The predicted octanol–water partition coefficient (Wildman–Crippen LogP) is 2.54. The van der Waals surface area contributed by atoms with Crippen LogP contribution in [0.4, 0.5) is 5.69 Å². The molecule has 88 valence electrons. The van der Waals surface area contributed by atoms with E-state index in [1.165, 1.54) is 12.1 Å². The third-order valence-electron chi connectivity index (χ3n) is 2.36. The molecule has 1 unspecified atom stereocenters. The lowest BCUT2D eigenvalue weighted by atomic mass is 10.00. The van der Waals surface area contributed by atoms with Gasteiger partial charge in [0.2, 0.25) is 0 Å². The molecule has 0 heterocycles. The van der Waals surface area contributed by atoms with Gasteiger partial charge in [-0.2, -0.15) is 0 Å². The highest BCUT2D eigenvalue weighted by Crippen LogP contribution is 2.15. The van der Waals surface area contributed by atoms with E-state index in [0.29, 0.717) is 12.3 Å². The monoisotopic (exact) mass is 223 g/mol. The first-order valence-electron chi connectivity index (χ1n) is 5.40. The van der Waals surface area contributed by atoms with E-state index in [1.807, 2.05) is 0 Å². The largest absolute Gasteiger partial charge is 0.393 e. The minimum Gasteiger partial charge on any atom is -0.393 e. The fourth-order valence-corrected chi connectivity index (χ4v) is 1.65. The summed E-state index contributed by atoms with van der Waals surface area (Å²) < 4.78 is 0. The van der Waals surface area contributed by atoms with Gasteiger partial charge in [0.25, 0.3) is 5.69 Å². The molecule has 0 amide bonds. The van der Waals surface area contributed by atoms with Crippen LogP contribution in [0.1, 0.15) is 25.8 Å². The van der Waals surface area contributed by atoms with Crippen molar-refractivity contribution in [2.24, 2.45) is 5.92 Å². The third kappa shape index (κ3) is 3.98. The van der Waals surface area contributed by atoms with E-state index >= 15 is 0 Å². The summed E-state index contributed by atoms with van der Waals surface area (Å²) in [5.74, 6) is 0.452. The second-order valence-electron chi connectivity index (χ2n) is 4.41. The molecule has 0 spiro atoms. The molecule has 0 aliphatic carbocycles. The fourth-order valence-electron chi connectivity index (χ4n) is 1.65. The zero-order chi connectivity index (χ0) is 12.1. The van der Waals surface area contributed by atoms with Gasteiger partial charge in [-0.1, -0.05) is 26.0 Å². The van der Waals surface area contributed by atoms with Crippen LogP contribution in [-0.4, -0.2) is 16.1 Å². The molecule has 16 heavy (non-hydrogen) atoms. The zero-order valence-corrected chi connectivity index (χ0v) is 9.59. The summed E-state index contributed by atoms with van der Waals surface area (Å²) in [7, 11) is 0. The van der Waals surface area contributed by atoms with E-state index in [1.54, 1.807) is 12.1 Å². The number of benzene rings is 1. The number of non-ortho nitro benzene ring substituents is 1. The number of aliphatic hydroxyl groups excluding tert-OH is 1. The quantitative estimate of drug-likeness (QED) is 0.616. The molecule has 0 aromatic heterocycles. The summed E-state index contributed by atoms with van der Waals surface area (Å²) in [6.07, 6.45) is 0.925. The normalized spacial score (nSPS) is 12.8. The SMILES string of the molecule is CC(C)CC(O)Cc1ccc([N+](=O)[O-])cc1. The number of aliphatic hydroxyl groups is 1. The average molecular weight is 223 g/mol. The first-order valence-corrected chi connectivity index (χ1v) is 5.40. The fraction of sp³-hybridized carbons (Fsp3) is 0.500. The van der Waals surface area contributed by atoms with Crippen LogP contribution in [0.2, 0.25) is 0 Å². The molecule has 4 heteroatoms. The Labute approximate surface area is 95.1 Å². The van der Waals surface area contributed by atoms with E-state index in [9.17, 15) is 15.2 Å². The van der Waals surface area contributed by atoms with E-state index < -0.39 is 4.92 Å². The minimum atomic E-state index is -0.422. The molecule has 0 aliphatic heterocycles. The summed E-state index contributed by atoms with van der Waals surface area (Å²) in [4.78, 5) is 10.0. The first kappa shape index (κ1) is 12.6. The summed E-state index contributed by atoms with van der Waals surface area (Å²) in [6.45, 7) is 4.11. The summed E-state index contributed by atoms with van der Waals surface area (Å²) >= 11 is 0. The number of nitro benzene ring substituents is 1. The second-order valence-corrected chi connectivity index (χ2v) is 4.41. The second kappa shape index (κ2) is 5.61. The first-order chi connectivity index (χ1) is 7.49. The molecule has 0 aliphatic rings. The number of nitrogens with zero attached hydrogens (tertiary/aromatic N) is 1. The summed E-state index contributed by atoms with van der Waals surface area (Å²) in [5, 5.41) is 20.2. The van der Waals surface area contributed by atoms with Gasteiger partial charge in [-0.25, -0.2) is 0 Å². The van der Waals surface area contributed by atoms with Crippen LogP contribution in [0.3, 0.4) is 0 Å². The molecule has 0 fully saturated rings. The van der Waals surface area contributed by atoms with Crippen LogP contribution in [0.15, 0.2) is 24.3 Å². The average Bonchev–Trinajstić information content (AvgIpc) is 2.16. The molecular formula is C12H17NO3. The maximum Gasteiger partial charge on any atom is 0.269 e. The van der Waals surface area contributed by atoms with Crippen molar-refractivity contribution in [3.8, 4) is 0 Å². The Hall–Kier alpha value is -1.42. The summed E-state index contributed by atoms with van der Waals surface area (Å²) in [6, 6.07) is 6.33. The maximum atomic E-state index is 10.4. The van der Waals surface area contributed by atoms with Gasteiger partial charge in [0.1, 0.15) is 0 Å². The lowest BCUT2D eigenvalue weighted by Crippen LogP contribution is -2.13. The molecule has 0 bridgehead atoms. The lowest BCUT2D eigenvalue weighted by molar-refractivity contribution is -0.384. The Balaban J connectivity index is 2.58. The van der Waals surface area contributed by atoms with Gasteiger partial charge < -0.3 is 5.11 Å². The molecule has 0 saturated heterocycles. The standard InChI is InChI=1S/C12H17NO3/c1-9(2)7-12(14)8-10-3-5-11(6-4-10)13(15)16/h3-6,9,12,14H,7-8H2,1-2H3.